The van der Waals surface area contributed by atoms with Crippen LogP contribution in [0.2, 0.25) is 0 Å². The van der Waals surface area contributed by atoms with Gasteiger partial charge in [0.15, 0.2) is 0 Å². The Morgan fingerprint density at radius 2 is 2.05 bits per heavy atom. The number of nitrogens with one attached hydrogen (secondary N) is 1. The van der Waals surface area contributed by atoms with Gasteiger partial charge in [-0.25, -0.2) is 0 Å². The molecule has 0 atom stereocenters. The summed E-state index contributed by atoms with van der Waals surface area (Å²) in [5, 5.41) is 6.44. The second-order valence-electron chi connectivity index (χ2n) is 4.40. The monoisotopic (exact) mass is 314 g/mol. The van der Waals surface area contributed by atoms with Crippen LogP contribution in [-0.2, 0) is 12.6 Å². The summed E-state index contributed by atoms with van der Waals surface area (Å²) in [7, 11) is 0. The van der Waals surface area contributed by atoms with Crippen molar-refractivity contribution in [3.8, 4) is 0 Å². The number of nitrogen functional groups attached to an aromatic ring is 1. The van der Waals surface area contributed by atoms with Gasteiger partial charge in [0.05, 0.1) is 16.8 Å². The minimum atomic E-state index is -4.57. The van der Waals surface area contributed by atoms with Gasteiger partial charge < -0.3 is 11.1 Å². The zero-order valence-corrected chi connectivity index (χ0v) is 11.7. The van der Waals surface area contributed by atoms with Crippen LogP contribution in [0.1, 0.15) is 21.5 Å². The number of rotatable bonds is 4. The summed E-state index contributed by atoms with van der Waals surface area (Å²) >= 11 is 1.54. The second-order valence-corrected chi connectivity index (χ2v) is 5.18. The number of carbonyl (C=O) groups excluding carboxylic acids is 1. The Morgan fingerprint density at radius 1 is 1.29 bits per heavy atom. The van der Waals surface area contributed by atoms with E-state index in [2.05, 4.69) is 5.32 Å². The molecule has 1 heterocycles. The number of thiophene rings is 1. The summed E-state index contributed by atoms with van der Waals surface area (Å²) < 4.78 is 38.2. The lowest BCUT2D eigenvalue weighted by Gasteiger charge is -2.13. The number of nitrogens with two attached hydrogens (primary N) is 1. The van der Waals surface area contributed by atoms with E-state index in [1.54, 1.807) is 11.3 Å². The quantitative estimate of drug-likeness (QED) is 0.851. The molecular formula is C14H13F3N2OS. The summed E-state index contributed by atoms with van der Waals surface area (Å²) in [5.41, 5.74) is 4.83. The van der Waals surface area contributed by atoms with Gasteiger partial charge in [-0.05, 0) is 40.9 Å². The molecule has 0 spiro atoms. The van der Waals surface area contributed by atoms with Crippen LogP contribution in [0.25, 0.3) is 0 Å². The molecule has 0 fully saturated rings. The van der Waals surface area contributed by atoms with Crippen LogP contribution in [0, 0.1) is 0 Å². The lowest BCUT2D eigenvalue weighted by atomic mass is 10.1. The van der Waals surface area contributed by atoms with E-state index >= 15 is 0 Å². The fraction of sp³-hybridized carbons (Fsp3) is 0.214. The highest BCUT2D eigenvalue weighted by atomic mass is 32.1. The van der Waals surface area contributed by atoms with Gasteiger partial charge in [-0.2, -0.15) is 24.5 Å². The number of carbonyl (C=O) groups is 1. The van der Waals surface area contributed by atoms with Crippen LogP contribution >= 0.6 is 11.3 Å². The number of hydrogen-bond acceptors (Lipinski definition) is 3. The van der Waals surface area contributed by atoms with E-state index in [4.69, 9.17) is 5.73 Å². The van der Waals surface area contributed by atoms with Gasteiger partial charge in [-0.1, -0.05) is 6.07 Å². The molecule has 2 aromatic rings. The third kappa shape index (κ3) is 3.75. The lowest BCUT2D eigenvalue weighted by molar-refractivity contribution is -0.136. The average molecular weight is 314 g/mol. The molecule has 0 unspecified atom stereocenters. The first kappa shape index (κ1) is 15.4. The Balaban J connectivity index is 2.05. The molecule has 0 saturated carbocycles. The highest BCUT2D eigenvalue weighted by molar-refractivity contribution is 7.07. The van der Waals surface area contributed by atoms with E-state index in [0.29, 0.717) is 13.0 Å². The number of para-hydroxylation sites is 1. The Kier molecular flexibility index (Phi) is 4.52. The average Bonchev–Trinajstić information content (AvgIpc) is 2.90. The third-order valence-corrected chi connectivity index (χ3v) is 3.67. The van der Waals surface area contributed by atoms with Crippen molar-refractivity contribution in [1.82, 2.24) is 5.32 Å². The molecule has 112 valence electrons. The molecule has 7 heteroatoms. The van der Waals surface area contributed by atoms with E-state index in [0.717, 1.165) is 11.6 Å². The standard InChI is InChI=1S/C14H13F3N2OS/c15-14(16,17)11-3-1-2-10(12(11)18)13(20)19-6-4-9-5-7-21-8-9/h1-3,5,7-8H,4,6,18H2,(H,19,20). The van der Waals surface area contributed by atoms with Gasteiger partial charge in [0, 0.05) is 6.54 Å². The number of halogens is 3. The summed E-state index contributed by atoms with van der Waals surface area (Å²) in [6.45, 7) is 0.339. The molecule has 0 bridgehead atoms. The van der Waals surface area contributed by atoms with Gasteiger partial charge in [-0.3, -0.25) is 4.79 Å². The SMILES string of the molecule is Nc1c(C(=O)NCCc2ccsc2)cccc1C(F)(F)F. The highest BCUT2D eigenvalue weighted by Crippen LogP contribution is 2.34. The molecule has 21 heavy (non-hydrogen) atoms. The van der Waals surface area contributed by atoms with Crippen LogP contribution in [0.3, 0.4) is 0 Å². The zero-order valence-electron chi connectivity index (χ0n) is 10.9. The largest absolute Gasteiger partial charge is 0.418 e. The smallest absolute Gasteiger partial charge is 0.398 e. The Bertz CT molecular complexity index is 624. The molecule has 0 aliphatic rings. The van der Waals surface area contributed by atoms with Gasteiger partial charge in [-0.15, -0.1) is 0 Å². The van der Waals surface area contributed by atoms with Crippen LogP contribution in [0.4, 0.5) is 18.9 Å². The summed E-state index contributed by atoms with van der Waals surface area (Å²) in [4.78, 5) is 11.9. The number of alkyl halides is 3. The van der Waals surface area contributed by atoms with Crippen molar-refractivity contribution in [2.45, 2.75) is 12.6 Å². The number of hydrogen-bond donors (Lipinski definition) is 2. The predicted octanol–water partition coefficient (Wildman–Crippen LogP) is 3.32. The first-order chi connectivity index (χ1) is 9.89. The van der Waals surface area contributed by atoms with Crippen molar-refractivity contribution in [2.24, 2.45) is 0 Å². The van der Waals surface area contributed by atoms with Crippen LogP contribution in [0.5, 0.6) is 0 Å². The van der Waals surface area contributed by atoms with Crippen molar-refractivity contribution in [2.75, 3.05) is 12.3 Å². The van der Waals surface area contributed by atoms with Gasteiger partial charge in [0.2, 0.25) is 0 Å². The first-order valence-corrected chi connectivity index (χ1v) is 7.09. The maximum Gasteiger partial charge on any atom is 0.418 e. The van der Waals surface area contributed by atoms with Crippen molar-refractivity contribution in [3.63, 3.8) is 0 Å². The van der Waals surface area contributed by atoms with Gasteiger partial charge in [0.25, 0.3) is 5.91 Å². The Labute approximate surface area is 123 Å². The fourth-order valence-corrected chi connectivity index (χ4v) is 2.56. The van der Waals surface area contributed by atoms with Crippen molar-refractivity contribution < 1.29 is 18.0 Å². The molecule has 0 radical (unpaired) electrons. The molecule has 0 aliphatic carbocycles. The molecule has 3 N–H and O–H groups in total. The highest BCUT2D eigenvalue weighted by Gasteiger charge is 2.34. The van der Waals surface area contributed by atoms with E-state index in [1.807, 2.05) is 16.8 Å². The fourth-order valence-electron chi connectivity index (χ4n) is 1.86. The van der Waals surface area contributed by atoms with Crippen molar-refractivity contribution >= 4 is 22.9 Å². The molecule has 0 aliphatic heterocycles. The zero-order chi connectivity index (χ0) is 15.5. The van der Waals surface area contributed by atoms with Crippen LogP contribution < -0.4 is 11.1 Å². The van der Waals surface area contributed by atoms with E-state index in [9.17, 15) is 18.0 Å². The van der Waals surface area contributed by atoms with E-state index in [1.165, 1.54) is 12.1 Å². The number of benzene rings is 1. The molecule has 1 aromatic heterocycles. The first-order valence-electron chi connectivity index (χ1n) is 6.14. The van der Waals surface area contributed by atoms with Gasteiger partial charge in [0.1, 0.15) is 0 Å². The third-order valence-electron chi connectivity index (χ3n) is 2.94. The Morgan fingerprint density at radius 3 is 2.67 bits per heavy atom. The van der Waals surface area contributed by atoms with Crippen molar-refractivity contribution in [3.05, 3.63) is 51.7 Å². The van der Waals surface area contributed by atoms with E-state index < -0.39 is 23.3 Å². The summed E-state index contributed by atoms with van der Waals surface area (Å²) in [6, 6.07) is 5.24. The maximum absolute atomic E-state index is 12.7. The number of amides is 1. The predicted molar refractivity (Wildman–Crippen MR) is 76.2 cm³/mol. The Hall–Kier alpha value is -2.02. The molecule has 0 saturated heterocycles. The number of anilines is 1. The molecule has 2 rings (SSSR count). The normalized spacial score (nSPS) is 11.4. The minimum absolute atomic E-state index is 0.157. The van der Waals surface area contributed by atoms with E-state index in [-0.39, 0.29) is 5.56 Å². The molecule has 1 aromatic carbocycles. The maximum atomic E-state index is 12.7. The van der Waals surface area contributed by atoms with Crippen LogP contribution in [0.15, 0.2) is 35.0 Å². The lowest BCUT2D eigenvalue weighted by Crippen LogP contribution is -2.27. The molecule has 3 nitrogen and oxygen atoms in total. The van der Waals surface area contributed by atoms with Crippen molar-refractivity contribution in [1.29, 1.82) is 0 Å². The molecule has 1 amide bonds. The second kappa shape index (κ2) is 6.17. The molecular weight excluding hydrogens is 301 g/mol. The summed E-state index contributed by atoms with van der Waals surface area (Å²) in [6.07, 6.45) is -3.95. The topological polar surface area (TPSA) is 55.1 Å². The minimum Gasteiger partial charge on any atom is -0.398 e. The van der Waals surface area contributed by atoms with Crippen LogP contribution in [-0.4, -0.2) is 12.5 Å². The van der Waals surface area contributed by atoms with Gasteiger partial charge >= 0.3 is 6.18 Å². The summed E-state index contributed by atoms with van der Waals surface area (Å²) in [5.74, 6) is -0.603.